The molecule has 2 rings (SSSR count). The van der Waals surface area contributed by atoms with Crippen molar-refractivity contribution in [1.29, 1.82) is 0 Å². The average Bonchev–Trinajstić information content (AvgIpc) is 2.80. The number of aromatic nitrogens is 2. The van der Waals surface area contributed by atoms with Gasteiger partial charge in [0.05, 0.1) is 12.6 Å². The Bertz CT molecular complexity index is 265. The fourth-order valence-electron chi connectivity index (χ4n) is 2.12. The Labute approximate surface area is 90.8 Å². The van der Waals surface area contributed by atoms with Crippen LogP contribution < -0.4 is 0 Å². The molecule has 0 spiro atoms. The minimum Gasteiger partial charge on any atom is -0.383 e. The van der Waals surface area contributed by atoms with Crippen LogP contribution in [0.4, 0.5) is 0 Å². The van der Waals surface area contributed by atoms with Crippen LogP contribution in [0.15, 0.2) is 18.5 Å². The molecular weight excluding hydrogens is 190 g/mol. The largest absolute Gasteiger partial charge is 0.383 e. The van der Waals surface area contributed by atoms with E-state index in [1.807, 2.05) is 12.3 Å². The second kappa shape index (κ2) is 5.28. The average molecular weight is 209 g/mol. The summed E-state index contributed by atoms with van der Waals surface area (Å²) in [6.07, 6.45) is 6.32. The maximum atomic E-state index is 5.08. The van der Waals surface area contributed by atoms with E-state index >= 15 is 0 Å². The van der Waals surface area contributed by atoms with Crippen molar-refractivity contribution >= 4 is 0 Å². The molecule has 84 valence electrons. The molecule has 0 unspecified atom stereocenters. The van der Waals surface area contributed by atoms with Gasteiger partial charge in [-0.15, -0.1) is 0 Å². The number of piperidine rings is 1. The van der Waals surface area contributed by atoms with Gasteiger partial charge in [-0.3, -0.25) is 4.68 Å². The number of likely N-dealkylation sites (tertiary alicyclic amines) is 1. The molecule has 1 aromatic heterocycles. The predicted molar refractivity (Wildman–Crippen MR) is 58.8 cm³/mol. The molecule has 0 saturated carbocycles. The number of methoxy groups -OCH3 is 1. The van der Waals surface area contributed by atoms with Gasteiger partial charge in [0.1, 0.15) is 0 Å². The normalized spacial score (nSPS) is 19.5. The third-order valence-corrected chi connectivity index (χ3v) is 3.07. The standard InChI is InChI=1S/C11H19N3O/c1-15-10-9-13-7-3-11(4-8-13)14-6-2-5-12-14/h2,5-6,11H,3-4,7-10H2,1H3. The third-order valence-electron chi connectivity index (χ3n) is 3.07. The van der Waals surface area contributed by atoms with E-state index < -0.39 is 0 Å². The lowest BCUT2D eigenvalue weighted by Crippen LogP contribution is -2.36. The van der Waals surface area contributed by atoms with Gasteiger partial charge in [-0.2, -0.15) is 5.10 Å². The zero-order valence-electron chi connectivity index (χ0n) is 9.30. The van der Waals surface area contributed by atoms with Crippen molar-refractivity contribution in [3.63, 3.8) is 0 Å². The number of nitrogens with zero attached hydrogens (tertiary/aromatic N) is 3. The van der Waals surface area contributed by atoms with Crippen LogP contribution in [-0.2, 0) is 4.74 Å². The topological polar surface area (TPSA) is 30.3 Å². The molecule has 0 radical (unpaired) electrons. The Kier molecular flexibility index (Phi) is 3.75. The summed E-state index contributed by atoms with van der Waals surface area (Å²) in [4.78, 5) is 2.46. The van der Waals surface area contributed by atoms with E-state index in [0.29, 0.717) is 6.04 Å². The van der Waals surface area contributed by atoms with Gasteiger partial charge in [0.2, 0.25) is 0 Å². The molecule has 1 aromatic rings. The van der Waals surface area contributed by atoms with Crippen molar-refractivity contribution in [3.8, 4) is 0 Å². The van der Waals surface area contributed by atoms with Gasteiger partial charge in [-0.05, 0) is 18.9 Å². The summed E-state index contributed by atoms with van der Waals surface area (Å²) in [5.41, 5.74) is 0. The molecule has 1 aliphatic heterocycles. The van der Waals surface area contributed by atoms with Gasteiger partial charge >= 0.3 is 0 Å². The SMILES string of the molecule is COCCN1CCC(n2cccn2)CC1. The summed E-state index contributed by atoms with van der Waals surface area (Å²) in [5.74, 6) is 0. The molecule has 1 fully saturated rings. The number of rotatable bonds is 4. The molecule has 0 bridgehead atoms. The molecule has 1 aliphatic rings. The number of hydrogen-bond donors (Lipinski definition) is 0. The lowest BCUT2D eigenvalue weighted by atomic mass is 10.1. The van der Waals surface area contributed by atoms with Gasteiger partial charge in [-0.25, -0.2) is 0 Å². The van der Waals surface area contributed by atoms with Crippen molar-refractivity contribution in [3.05, 3.63) is 18.5 Å². The summed E-state index contributed by atoms with van der Waals surface area (Å²) in [7, 11) is 1.76. The first kappa shape index (κ1) is 10.6. The van der Waals surface area contributed by atoms with E-state index in [9.17, 15) is 0 Å². The highest BCUT2D eigenvalue weighted by atomic mass is 16.5. The predicted octanol–water partition coefficient (Wildman–Crippen LogP) is 1.17. The smallest absolute Gasteiger partial charge is 0.0589 e. The van der Waals surface area contributed by atoms with Crippen LogP contribution in [0.3, 0.4) is 0 Å². The molecule has 15 heavy (non-hydrogen) atoms. The van der Waals surface area contributed by atoms with E-state index in [0.717, 1.165) is 26.2 Å². The van der Waals surface area contributed by atoms with Crippen molar-refractivity contribution in [2.45, 2.75) is 18.9 Å². The molecule has 1 saturated heterocycles. The lowest BCUT2D eigenvalue weighted by Gasteiger charge is -2.31. The van der Waals surface area contributed by atoms with E-state index in [-0.39, 0.29) is 0 Å². The van der Waals surface area contributed by atoms with Crippen LogP contribution in [0.2, 0.25) is 0 Å². The Morgan fingerprint density at radius 3 is 2.80 bits per heavy atom. The molecule has 4 nitrogen and oxygen atoms in total. The first-order valence-corrected chi connectivity index (χ1v) is 5.60. The van der Waals surface area contributed by atoms with Crippen molar-refractivity contribution < 1.29 is 4.74 Å². The second-order valence-electron chi connectivity index (χ2n) is 4.05. The molecule has 0 aromatic carbocycles. The summed E-state index contributed by atoms with van der Waals surface area (Å²) in [5, 5.41) is 4.30. The molecular formula is C11H19N3O. The minimum atomic E-state index is 0.596. The van der Waals surface area contributed by atoms with Crippen molar-refractivity contribution in [1.82, 2.24) is 14.7 Å². The van der Waals surface area contributed by atoms with E-state index in [4.69, 9.17) is 4.74 Å². The molecule has 0 amide bonds. The van der Waals surface area contributed by atoms with Gasteiger partial charge in [0.25, 0.3) is 0 Å². The molecule has 0 N–H and O–H groups in total. The summed E-state index contributed by atoms with van der Waals surface area (Å²) in [6.45, 7) is 4.22. The zero-order valence-corrected chi connectivity index (χ0v) is 9.30. The quantitative estimate of drug-likeness (QED) is 0.745. The van der Waals surface area contributed by atoms with Crippen LogP contribution >= 0.6 is 0 Å². The second-order valence-corrected chi connectivity index (χ2v) is 4.05. The van der Waals surface area contributed by atoms with E-state index in [1.54, 1.807) is 7.11 Å². The molecule has 0 aliphatic carbocycles. The fraction of sp³-hybridized carbons (Fsp3) is 0.727. The summed E-state index contributed by atoms with van der Waals surface area (Å²) in [6, 6.07) is 2.59. The van der Waals surface area contributed by atoms with Crippen LogP contribution in [0.25, 0.3) is 0 Å². The van der Waals surface area contributed by atoms with Crippen molar-refractivity contribution in [2.75, 3.05) is 33.4 Å². The molecule has 2 heterocycles. The van der Waals surface area contributed by atoms with Crippen LogP contribution in [0.1, 0.15) is 18.9 Å². The Morgan fingerprint density at radius 2 is 2.20 bits per heavy atom. The van der Waals surface area contributed by atoms with Gasteiger partial charge in [0, 0.05) is 39.1 Å². The Morgan fingerprint density at radius 1 is 1.40 bits per heavy atom. The monoisotopic (exact) mass is 209 g/mol. The molecule has 4 heteroatoms. The lowest BCUT2D eigenvalue weighted by molar-refractivity contribution is 0.119. The van der Waals surface area contributed by atoms with Crippen LogP contribution in [0.5, 0.6) is 0 Å². The first-order chi connectivity index (χ1) is 7.40. The first-order valence-electron chi connectivity index (χ1n) is 5.60. The Balaban J connectivity index is 1.77. The van der Waals surface area contributed by atoms with Gasteiger partial charge < -0.3 is 9.64 Å². The van der Waals surface area contributed by atoms with Crippen LogP contribution in [-0.4, -0.2) is 48.0 Å². The number of hydrogen-bond acceptors (Lipinski definition) is 3. The van der Waals surface area contributed by atoms with E-state index in [2.05, 4.69) is 20.9 Å². The molecule has 0 atom stereocenters. The zero-order chi connectivity index (χ0) is 10.5. The third kappa shape index (κ3) is 2.79. The number of ether oxygens (including phenoxy) is 1. The maximum Gasteiger partial charge on any atom is 0.0589 e. The fourth-order valence-corrected chi connectivity index (χ4v) is 2.12. The summed E-state index contributed by atoms with van der Waals surface area (Å²) < 4.78 is 7.18. The minimum absolute atomic E-state index is 0.596. The van der Waals surface area contributed by atoms with Crippen molar-refractivity contribution in [2.24, 2.45) is 0 Å². The summed E-state index contributed by atoms with van der Waals surface area (Å²) >= 11 is 0. The van der Waals surface area contributed by atoms with Crippen LogP contribution in [0, 0.1) is 0 Å². The maximum absolute atomic E-state index is 5.08. The highest BCUT2D eigenvalue weighted by molar-refractivity contribution is 4.84. The van der Waals surface area contributed by atoms with Gasteiger partial charge in [0.15, 0.2) is 0 Å². The highest BCUT2D eigenvalue weighted by Gasteiger charge is 2.19. The highest BCUT2D eigenvalue weighted by Crippen LogP contribution is 2.20. The van der Waals surface area contributed by atoms with E-state index in [1.165, 1.54) is 12.8 Å². The van der Waals surface area contributed by atoms with Gasteiger partial charge in [-0.1, -0.05) is 0 Å². The Hall–Kier alpha value is -0.870.